The van der Waals surface area contributed by atoms with Crippen LogP contribution in [0.3, 0.4) is 0 Å². The maximum Gasteiger partial charge on any atom is 0.319 e. The number of hydrogen-bond acceptors (Lipinski definition) is 3. The van der Waals surface area contributed by atoms with Crippen molar-refractivity contribution in [2.75, 3.05) is 6.61 Å². The fourth-order valence-corrected chi connectivity index (χ4v) is 2.40. The molecule has 1 aliphatic carbocycles. The fraction of sp³-hybridized carbons (Fsp3) is 0.375. The predicted octanol–water partition coefficient (Wildman–Crippen LogP) is 2.12. The lowest BCUT2D eigenvalue weighted by atomic mass is 9.84. The number of allylic oxidation sites excluding steroid dienone is 2. The molecule has 0 aromatic heterocycles. The van der Waals surface area contributed by atoms with E-state index in [2.05, 4.69) is 5.32 Å². The molecule has 2 rings (SSSR count). The summed E-state index contributed by atoms with van der Waals surface area (Å²) in [5.74, 6) is -0.830. The first kappa shape index (κ1) is 15.1. The fourth-order valence-electron chi connectivity index (χ4n) is 2.40. The van der Waals surface area contributed by atoms with Crippen LogP contribution in [0.5, 0.6) is 5.75 Å². The van der Waals surface area contributed by atoms with Crippen LogP contribution in [0, 0.1) is 5.41 Å². The molecule has 0 fully saturated rings. The van der Waals surface area contributed by atoms with Crippen molar-refractivity contribution in [1.29, 1.82) is 0 Å². The zero-order valence-electron chi connectivity index (χ0n) is 12.0. The molecule has 1 aromatic carbocycles. The highest BCUT2D eigenvalue weighted by molar-refractivity contribution is 6.02. The van der Waals surface area contributed by atoms with Crippen molar-refractivity contribution >= 4 is 11.9 Å². The maximum absolute atomic E-state index is 12.3. The van der Waals surface area contributed by atoms with Gasteiger partial charge in [-0.3, -0.25) is 9.59 Å². The quantitative estimate of drug-likeness (QED) is 0.621. The van der Waals surface area contributed by atoms with Gasteiger partial charge in [-0.2, -0.15) is 0 Å². The highest BCUT2D eigenvalue weighted by Gasteiger charge is 2.46. The van der Waals surface area contributed by atoms with Gasteiger partial charge in [0.15, 0.2) is 5.41 Å². The molecule has 0 spiro atoms. The number of aliphatic carboxylic acids is 1. The first-order valence-corrected chi connectivity index (χ1v) is 6.97. The number of carboxylic acid groups (broad SMARTS) is 1. The minimum Gasteiger partial charge on any atom is -0.494 e. The third-order valence-corrected chi connectivity index (χ3v) is 3.66. The van der Waals surface area contributed by atoms with Gasteiger partial charge in [0, 0.05) is 12.1 Å². The second-order valence-corrected chi connectivity index (χ2v) is 4.99. The summed E-state index contributed by atoms with van der Waals surface area (Å²) >= 11 is 0. The molecule has 0 bridgehead atoms. The van der Waals surface area contributed by atoms with Crippen molar-refractivity contribution in [2.24, 2.45) is 5.41 Å². The van der Waals surface area contributed by atoms with E-state index in [1.807, 2.05) is 31.2 Å². The molecule has 112 valence electrons. The second-order valence-electron chi connectivity index (χ2n) is 4.99. The van der Waals surface area contributed by atoms with E-state index in [0.717, 1.165) is 5.56 Å². The zero-order valence-corrected chi connectivity index (χ0v) is 12.0. The first-order valence-electron chi connectivity index (χ1n) is 6.97. The second kappa shape index (κ2) is 6.43. The van der Waals surface area contributed by atoms with Crippen LogP contribution in [0.15, 0.2) is 36.4 Å². The molecular weight excluding hydrogens is 270 g/mol. The van der Waals surface area contributed by atoms with Gasteiger partial charge in [-0.1, -0.05) is 30.4 Å². The Morgan fingerprint density at radius 2 is 1.95 bits per heavy atom. The highest BCUT2D eigenvalue weighted by atomic mass is 16.5. The van der Waals surface area contributed by atoms with Crippen LogP contribution in [0.2, 0.25) is 0 Å². The lowest BCUT2D eigenvalue weighted by Gasteiger charge is -2.23. The van der Waals surface area contributed by atoms with Gasteiger partial charge in [-0.15, -0.1) is 0 Å². The van der Waals surface area contributed by atoms with Crippen LogP contribution in [0.4, 0.5) is 0 Å². The maximum atomic E-state index is 12.3. The Kier molecular flexibility index (Phi) is 4.62. The molecule has 5 heteroatoms. The molecule has 0 atom stereocenters. The van der Waals surface area contributed by atoms with E-state index in [-0.39, 0.29) is 19.4 Å². The molecule has 5 nitrogen and oxygen atoms in total. The lowest BCUT2D eigenvalue weighted by Crippen LogP contribution is -2.44. The Balaban J connectivity index is 2.06. The number of amides is 1. The van der Waals surface area contributed by atoms with Gasteiger partial charge in [0.25, 0.3) is 0 Å². The van der Waals surface area contributed by atoms with E-state index < -0.39 is 17.3 Å². The van der Waals surface area contributed by atoms with Gasteiger partial charge in [0.1, 0.15) is 5.75 Å². The predicted molar refractivity (Wildman–Crippen MR) is 77.9 cm³/mol. The smallest absolute Gasteiger partial charge is 0.319 e. The van der Waals surface area contributed by atoms with Crippen molar-refractivity contribution in [2.45, 2.75) is 26.3 Å². The first-order chi connectivity index (χ1) is 10.1. The van der Waals surface area contributed by atoms with E-state index in [1.54, 1.807) is 12.2 Å². The van der Waals surface area contributed by atoms with Crippen molar-refractivity contribution in [3.63, 3.8) is 0 Å². The summed E-state index contributed by atoms with van der Waals surface area (Å²) in [7, 11) is 0. The molecule has 0 aliphatic heterocycles. The van der Waals surface area contributed by atoms with E-state index >= 15 is 0 Å². The molecule has 0 heterocycles. The molecule has 1 amide bonds. The van der Waals surface area contributed by atoms with Gasteiger partial charge >= 0.3 is 5.97 Å². The third-order valence-electron chi connectivity index (χ3n) is 3.66. The number of ether oxygens (including phenoxy) is 1. The highest BCUT2D eigenvalue weighted by Crippen LogP contribution is 2.34. The third kappa shape index (κ3) is 3.07. The number of hydrogen-bond donors (Lipinski definition) is 2. The summed E-state index contributed by atoms with van der Waals surface area (Å²) in [6, 6.07) is 7.39. The summed E-state index contributed by atoms with van der Waals surface area (Å²) in [5, 5.41) is 12.1. The molecule has 1 aliphatic rings. The Labute approximate surface area is 123 Å². The number of carbonyl (C=O) groups is 2. The van der Waals surface area contributed by atoms with Crippen molar-refractivity contribution < 1.29 is 19.4 Å². The number of benzene rings is 1. The van der Waals surface area contributed by atoms with Gasteiger partial charge < -0.3 is 15.2 Å². The molecule has 0 saturated carbocycles. The van der Waals surface area contributed by atoms with Gasteiger partial charge in [0.2, 0.25) is 5.91 Å². The lowest BCUT2D eigenvalue weighted by molar-refractivity contribution is -0.155. The Morgan fingerprint density at radius 3 is 2.57 bits per heavy atom. The zero-order chi connectivity index (χ0) is 15.3. The SMILES string of the molecule is CCOc1ccccc1CNC(=O)C1(C(=O)O)CC=CC1. The Hall–Kier alpha value is -2.30. The molecule has 0 saturated heterocycles. The van der Waals surface area contributed by atoms with E-state index in [9.17, 15) is 14.7 Å². The van der Waals surface area contributed by atoms with Crippen LogP contribution >= 0.6 is 0 Å². The van der Waals surface area contributed by atoms with Crippen LogP contribution in [-0.2, 0) is 16.1 Å². The van der Waals surface area contributed by atoms with Crippen LogP contribution < -0.4 is 10.1 Å². The van der Waals surface area contributed by atoms with Gasteiger partial charge in [0.05, 0.1) is 6.61 Å². The molecule has 21 heavy (non-hydrogen) atoms. The molecule has 2 N–H and O–H groups in total. The topological polar surface area (TPSA) is 75.6 Å². The van der Waals surface area contributed by atoms with Crippen molar-refractivity contribution in [1.82, 2.24) is 5.32 Å². The van der Waals surface area contributed by atoms with Gasteiger partial charge in [-0.05, 0) is 25.8 Å². The number of carboxylic acids is 1. The number of para-hydroxylation sites is 1. The van der Waals surface area contributed by atoms with E-state index in [0.29, 0.717) is 12.4 Å². The average Bonchev–Trinajstić information content (AvgIpc) is 2.97. The molecule has 0 radical (unpaired) electrons. The molecule has 0 unspecified atom stereocenters. The van der Waals surface area contributed by atoms with Crippen molar-refractivity contribution in [3.8, 4) is 5.75 Å². The Morgan fingerprint density at radius 1 is 1.29 bits per heavy atom. The average molecular weight is 289 g/mol. The van der Waals surface area contributed by atoms with Crippen molar-refractivity contribution in [3.05, 3.63) is 42.0 Å². The summed E-state index contributed by atoms with van der Waals surface area (Å²) in [5.41, 5.74) is -0.528. The largest absolute Gasteiger partial charge is 0.494 e. The van der Waals surface area contributed by atoms with Gasteiger partial charge in [-0.25, -0.2) is 0 Å². The summed E-state index contributed by atoms with van der Waals surface area (Å²) in [4.78, 5) is 23.7. The minimum absolute atomic E-state index is 0.237. The Bertz CT molecular complexity index is 557. The number of rotatable bonds is 6. The standard InChI is InChI=1S/C16H19NO4/c1-2-21-13-8-4-3-7-12(13)11-17-14(18)16(15(19)20)9-5-6-10-16/h3-8H,2,9-11H2,1H3,(H,17,18)(H,19,20). The van der Waals surface area contributed by atoms with Crippen LogP contribution in [0.1, 0.15) is 25.3 Å². The van der Waals surface area contributed by atoms with Crippen LogP contribution in [0.25, 0.3) is 0 Å². The molecular formula is C16H19NO4. The van der Waals surface area contributed by atoms with Crippen LogP contribution in [-0.4, -0.2) is 23.6 Å². The van der Waals surface area contributed by atoms with E-state index in [1.165, 1.54) is 0 Å². The monoisotopic (exact) mass is 289 g/mol. The summed E-state index contributed by atoms with van der Waals surface area (Å²) in [6.45, 7) is 2.68. The van der Waals surface area contributed by atoms with E-state index in [4.69, 9.17) is 4.74 Å². The summed E-state index contributed by atoms with van der Waals surface area (Å²) in [6.07, 6.45) is 3.95. The summed E-state index contributed by atoms with van der Waals surface area (Å²) < 4.78 is 5.49. The number of carbonyl (C=O) groups excluding carboxylic acids is 1. The molecule has 1 aromatic rings. The minimum atomic E-state index is -1.36. The normalized spacial score (nSPS) is 15.7. The number of nitrogens with one attached hydrogen (secondary N) is 1.